The molecule has 8 nitrogen and oxygen atoms in total. The summed E-state index contributed by atoms with van der Waals surface area (Å²) in [6, 6.07) is 0.161. The van der Waals surface area contributed by atoms with Gasteiger partial charge in [-0.05, 0) is 34.1 Å². The Balaban J connectivity index is 1.63. The molecule has 3 N–H and O–H groups in total. The second-order valence-corrected chi connectivity index (χ2v) is 8.18. The number of nitrogens with two attached hydrogens (primary N) is 1. The third-order valence-corrected chi connectivity index (χ3v) is 5.58. The molecule has 0 aromatic carbocycles. The van der Waals surface area contributed by atoms with Crippen molar-refractivity contribution in [3.05, 3.63) is 17.1 Å². The molecule has 1 aromatic heterocycles. The predicted octanol–water partition coefficient (Wildman–Crippen LogP) is 0.471. The van der Waals surface area contributed by atoms with Gasteiger partial charge in [-0.15, -0.1) is 0 Å². The van der Waals surface area contributed by atoms with Gasteiger partial charge in [0.1, 0.15) is 5.82 Å². The summed E-state index contributed by atoms with van der Waals surface area (Å²) in [4.78, 5) is 26.1. The summed E-state index contributed by atoms with van der Waals surface area (Å²) < 4.78 is 5.54. The monoisotopic (exact) mass is 376 g/mol. The smallest absolute Gasteiger partial charge is 0.289 e. The van der Waals surface area contributed by atoms with Crippen molar-refractivity contribution in [2.45, 2.75) is 45.7 Å². The van der Waals surface area contributed by atoms with Gasteiger partial charge < -0.3 is 20.7 Å². The zero-order valence-corrected chi connectivity index (χ0v) is 16.9. The van der Waals surface area contributed by atoms with E-state index < -0.39 is 0 Å². The maximum atomic E-state index is 12.6. The topological polar surface area (TPSA) is 96.6 Å². The fraction of sp³-hybridized carbons (Fsp3) is 0.737. The first-order valence-electron chi connectivity index (χ1n) is 9.74. The molecule has 0 aliphatic carbocycles. The molecule has 0 unspecified atom stereocenters. The van der Waals surface area contributed by atoms with Crippen molar-refractivity contribution < 1.29 is 9.53 Å². The van der Waals surface area contributed by atoms with E-state index in [2.05, 4.69) is 38.9 Å². The number of carbonyl (C=O) groups is 1. The van der Waals surface area contributed by atoms with E-state index in [-0.39, 0.29) is 23.3 Å². The number of anilines is 1. The Bertz CT molecular complexity index is 693. The van der Waals surface area contributed by atoms with Crippen molar-refractivity contribution in [1.82, 2.24) is 20.2 Å². The molecule has 3 rings (SSSR count). The molecule has 1 aromatic rings. The molecule has 0 radical (unpaired) electrons. The number of nitrogens with zero attached hydrogens (tertiary/aromatic N) is 4. The summed E-state index contributed by atoms with van der Waals surface area (Å²) in [5, 5.41) is 2.97. The molecular formula is C19H32N6O2. The van der Waals surface area contributed by atoms with Crippen LogP contribution in [-0.2, 0) is 4.74 Å². The lowest BCUT2D eigenvalue weighted by atomic mass is 10.0. The molecular weight excluding hydrogens is 344 g/mol. The van der Waals surface area contributed by atoms with E-state index in [9.17, 15) is 4.79 Å². The van der Waals surface area contributed by atoms with E-state index in [1.54, 1.807) is 0 Å². The first kappa shape index (κ1) is 20.0. The number of hydrogen-bond donors (Lipinski definition) is 2. The molecule has 1 amide bonds. The zero-order chi connectivity index (χ0) is 19.6. The second-order valence-electron chi connectivity index (χ2n) is 8.18. The first-order valence-corrected chi connectivity index (χ1v) is 9.74. The van der Waals surface area contributed by atoms with E-state index >= 15 is 0 Å². The molecule has 0 bridgehead atoms. The van der Waals surface area contributed by atoms with Gasteiger partial charge >= 0.3 is 0 Å². The van der Waals surface area contributed by atoms with Gasteiger partial charge in [0.2, 0.25) is 5.82 Å². The van der Waals surface area contributed by atoms with Crippen LogP contribution in [0.1, 0.15) is 42.1 Å². The van der Waals surface area contributed by atoms with Crippen LogP contribution in [0.4, 0.5) is 5.82 Å². The van der Waals surface area contributed by atoms with Gasteiger partial charge in [0.05, 0.1) is 13.2 Å². The van der Waals surface area contributed by atoms with Crippen molar-refractivity contribution in [1.29, 1.82) is 0 Å². The van der Waals surface area contributed by atoms with Crippen molar-refractivity contribution in [2.75, 3.05) is 50.8 Å². The molecule has 8 heteroatoms. The maximum absolute atomic E-state index is 12.6. The van der Waals surface area contributed by atoms with E-state index in [1.165, 1.54) is 0 Å². The molecule has 3 heterocycles. The largest absolute Gasteiger partial charge is 0.378 e. The third-order valence-electron chi connectivity index (χ3n) is 5.58. The van der Waals surface area contributed by atoms with Crippen molar-refractivity contribution in [3.8, 4) is 0 Å². The van der Waals surface area contributed by atoms with Crippen molar-refractivity contribution in [2.24, 2.45) is 5.73 Å². The predicted molar refractivity (Wildman–Crippen MR) is 105 cm³/mol. The molecule has 0 saturated carbocycles. The van der Waals surface area contributed by atoms with E-state index in [4.69, 9.17) is 10.5 Å². The highest BCUT2D eigenvalue weighted by molar-refractivity contribution is 5.91. The lowest BCUT2D eigenvalue weighted by Gasteiger charge is -2.42. The van der Waals surface area contributed by atoms with Gasteiger partial charge in [0.15, 0.2) is 0 Å². The Kier molecular flexibility index (Phi) is 5.98. The van der Waals surface area contributed by atoms with Crippen molar-refractivity contribution >= 4 is 11.7 Å². The number of carbonyl (C=O) groups excluding carboxylic acids is 1. The number of amides is 1. The maximum Gasteiger partial charge on any atom is 0.289 e. The van der Waals surface area contributed by atoms with Crippen LogP contribution in [0, 0.1) is 13.8 Å². The minimum absolute atomic E-state index is 0.0123. The zero-order valence-electron chi connectivity index (χ0n) is 16.9. The lowest BCUT2D eigenvalue weighted by molar-refractivity contribution is -0.0498. The Labute approximate surface area is 161 Å². The summed E-state index contributed by atoms with van der Waals surface area (Å²) in [5.74, 6) is 0.832. The van der Waals surface area contributed by atoms with Crippen LogP contribution in [0.2, 0.25) is 0 Å². The number of morpholine rings is 1. The molecule has 2 fully saturated rings. The van der Waals surface area contributed by atoms with Crippen LogP contribution in [0.15, 0.2) is 0 Å². The van der Waals surface area contributed by atoms with E-state index in [0.29, 0.717) is 13.2 Å². The van der Waals surface area contributed by atoms with Crippen LogP contribution in [0.25, 0.3) is 0 Å². The quantitative estimate of drug-likeness (QED) is 0.771. The minimum atomic E-state index is -0.228. The van der Waals surface area contributed by atoms with Gasteiger partial charge in [-0.1, -0.05) is 0 Å². The van der Waals surface area contributed by atoms with Gasteiger partial charge in [-0.2, -0.15) is 0 Å². The van der Waals surface area contributed by atoms with E-state index in [0.717, 1.165) is 56.3 Å². The van der Waals surface area contributed by atoms with Gasteiger partial charge in [0.25, 0.3) is 5.91 Å². The van der Waals surface area contributed by atoms with Gasteiger partial charge in [0, 0.05) is 55.6 Å². The molecule has 27 heavy (non-hydrogen) atoms. The molecule has 1 atom stereocenters. The summed E-state index contributed by atoms with van der Waals surface area (Å²) in [6.07, 6.45) is 0.944. The summed E-state index contributed by atoms with van der Waals surface area (Å²) in [7, 11) is 0. The number of aromatic nitrogens is 2. The summed E-state index contributed by atoms with van der Waals surface area (Å²) in [5.41, 5.74) is 7.86. The SMILES string of the molecule is Cc1nc(C(=O)NCCN2CCOCC2(C)C)nc(N2CC[C@@H](N)C2)c1C. The first-order chi connectivity index (χ1) is 12.8. The number of hydrogen-bond acceptors (Lipinski definition) is 7. The Morgan fingerprint density at radius 3 is 2.78 bits per heavy atom. The number of rotatable bonds is 5. The Morgan fingerprint density at radius 2 is 2.11 bits per heavy atom. The number of aryl methyl sites for hydroxylation is 1. The molecule has 2 aliphatic rings. The minimum Gasteiger partial charge on any atom is -0.378 e. The average Bonchev–Trinajstić information content (AvgIpc) is 3.04. The molecule has 150 valence electrons. The fourth-order valence-electron chi connectivity index (χ4n) is 3.69. The van der Waals surface area contributed by atoms with Crippen LogP contribution in [0.5, 0.6) is 0 Å². The highest BCUT2D eigenvalue weighted by atomic mass is 16.5. The number of ether oxygens (including phenoxy) is 1. The highest BCUT2D eigenvalue weighted by Crippen LogP contribution is 2.23. The van der Waals surface area contributed by atoms with Gasteiger partial charge in [-0.25, -0.2) is 9.97 Å². The number of nitrogens with one attached hydrogen (secondary N) is 1. The summed E-state index contributed by atoms with van der Waals surface area (Å²) in [6.45, 7) is 13.5. The van der Waals surface area contributed by atoms with Crippen LogP contribution in [-0.4, -0.2) is 78.3 Å². The standard InChI is InChI=1S/C19H32N6O2/c1-13-14(2)22-16(23-17(13)24-7-5-15(20)11-24)18(26)21-6-8-25-9-10-27-12-19(25,3)4/h15H,5-12,20H2,1-4H3,(H,21,26)/t15-/m1/s1. The third kappa shape index (κ3) is 4.56. The lowest BCUT2D eigenvalue weighted by Crippen LogP contribution is -2.54. The van der Waals surface area contributed by atoms with E-state index in [1.807, 2.05) is 13.8 Å². The fourth-order valence-corrected chi connectivity index (χ4v) is 3.69. The van der Waals surface area contributed by atoms with Crippen LogP contribution >= 0.6 is 0 Å². The Morgan fingerprint density at radius 1 is 1.33 bits per heavy atom. The summed E-state index contributed by atoms with van der Waals surface area (Å²) >= 11 is 0. The Hall–Kier alpha value is -1.77. The van der Waals surface area contributed by atoms with Crippen molar-refractivity contribution in [3.63, 3.8) is 0 Å². The molecule has 0 spiro atoms. The normalized spacial score (nSPS) is 22.9. The van der Waals surface area contributed by atoms with Crippen LogP contribution < -0.4 is 16.0 Å². The molecule has 2 aliphatic heterocycles. The molecule has 2 saturated heterocycles. The van der Waals surface area contributed by atoms with Gasteiger partial charge in [-0.3, -0.25) is 9.69 Å². The highest BCUT2D eigenvalue weighted by Gasteiger charge is 2.30. The van der Waals surface area contributed by atoms with Crippen LogP contribution in [0.3, 0.4) is 0 Å². The average molecular weight is 377 g/mol. The second kappa shape index (κ2) is 8.08.